The highest BCUT2D eigenvalue weighted by Crippen LogP contribution is 2.46. The summed E-state index contributed by atoms with van der Waals surface area (Å²) in [4.78, 5) is 13.4. The maximum atomic E-state index is 14.2. The van der Waals surface area contributed by atoms with E-state index in [1.54, 1.807) is 23.5 Å². The summed E-state index contributed by atoms with van der Waals surface area (Å²) >= 11 is 1.59. The van der Waals surface area contributed by atoms with Crippen LogP contribution in [0.25, 0.3) is 11.1 Å². The number of anilines is 1. The Morgan fingerprint density at radius 1 is 1.12 bits per heavy atom. The highest BCUT2D eigenvalue weighted by atomic mass is 32.1. The molecular formula is C21H18FNOS. The normalized spacial score (nSPS) is 16.4. The highest BCUT2D eigenvalue weighted by Gasteiger charge is 2.30. The molecule has 1 N–H and O–H groups in total. The molecule has 1 aliphatic heterocycles. The fraction of sp³-hybridized carbons (Fsp3) is 0.190. The molecule has 0 saturated heterocycles. The smallest absolute Gasteiger partial charge is 0.225 e. The molecule has 25 heavy (non-hydrogen) atoms. The van der Waals surface area contributed by atoms with Gasteiger partial charge in [-0.25, -0.2) is 4.39 Å². The second kappa shape index (κ2) is 6.45. The summed E-state index contributed by atoms with van der Waals surface area (Å²) in [5.74, 6) is -0.264. The number of thiophene rings is 1. The van der Waals surface area contributed by atoms with Crippen molar-refractivity contribution in [3.05, 3.63) is 75.7 Å². The molecule has 1 atom stereocenters. The van der Waals surface area contributed by atoms with Crippen LogP contribution >= 0.6 is 11.3 Å². The minimum atomic E-state index is -0.272. The third kappa shape index (κ3) is 2.87. The first-order chi connectivity index (χ1) is 12.2. The largest absolute Gasteiger partial charge is 0.325 e. The van der Waals surface area contributed by atoms with Gasteiger partial charge in [0.05, 0.1) is 5.69 Å². The van der Waals surface area contributed by atoms with Gasteiger partial charge in [0, 0.05) is 33.7 Å². The average Bonchev–Trinajstić information content (AvgIpc) is 3.05. The Morgan fingerprint density at radius 2 is 1.88 bits per heavy atom. The molecular weight excluding hydrogens is 333 g/mol. The molecule has 126 valence electrons. The molecule has 1 aliphatic rings. The van der Waals surface area contributed by atoms with Gasteiger partial charge in [0.2, 0.25) is 5.91 Å². The second-order valence-corrected chi connectivity index (χ2v) is 7.18. The zero-order valence-electron chi connectivity index (χ0n) is 13.9. The number of amides is 1. The Morgan fingerprint density at radius 3 is 2.60 bits per heavy atom. The van der Waals surface area contributed by atoms with E-state index in [-0.39, 0.29) is 17.6 Å². The Balaban J connectivity index is 1.80. The van der Waals surface area contributed by atoms with Gasteiger partial charge in [-0.05, 0) is 23.6 Å². The first-order valence-electron chi connectivity index (χ1n) is 8.42. The van der Waals surface area contributed by atoms with E-state index in [2.05, 4.69) is 36.5 Å². The van der Waals surface area contributed by atoms with E-state index in [0.717, 1.165) is 28.1 Å². The monoisotopic (exact) mass is 351 g/mol. The topological polar surface area (TPSA) is 29.1 Å². The average molecular weight is 351 g/mol. The maximum Gasteiger partial charge on any atom is 0.225 e. The van der Waals surface area contributed by atoms with Crippen molar-refractivity contribution in [2.45, 2.75) is 25.7 Å². The van der Waals surface area contributed by atoms with Crippen LogP contribution in [0.15, 0.2) is 53.9 Å². The van der Waals surface area contributed by atoms with Crippen LogP contribution in [0, 0.1) is 5.82 Å². The van der Waals surface area contributed by atoms with Gasteiger partial charge in [0.15, 0.2) is 0 Å². The van der Waals surface area contributed by atoms with Crippen LogP contribution in [0.2, 0.25) is 0 Å². The van der Waals surface area contributed by atoms with E-state index in [0.29, 0.717) is 12.0 Å². The molecule has 0 unspecified atom stereocenters. The molecule has 4 rings (SSSR count). The van der Waals surface area contributed by atoms with Crippen LogP contribution < -0.4 is 5.32 Å². The van der Waals surface area contributed by atoms with Crippen molar-refractivity contribution >= 4 is 22.9 Å². The summed E-state index contributed by atoms with van der Waals surface area (Å²) < 4.78 is 14.2. The Labute approximate surface area is 150 Å². The van der Waals surface area contributed by atoms with Crippen molar-refractivity contribution in [3.63, 3.8) is 0 Å². The lowest BCUT2D eigenvalue weighted by molar-refractivity contribution is -0.116. The number of halogens is 1. The molecule has 0 spiro atoms. The van der Waals surface area contributed by atoms with Gasteiger partial charge < -0.3 is 5.32 Å². The summed E-state index contributed by atoms with van der Waals surface area (Å²) in [5.41, 5.74) is 4.47. The van der Waals surface area contributed by atoms with Gasteiger partial charge in [0.25, 0.3) is 0 Å². The van der Waals surface area contributed by atoms with Gasteiger partial charge >= 0.3 is 0 Å². The van der Waals surface area contributed by atoms with Crippen LogP contribution in [-0.2, 0) is 11.2 Å². The van der Waals surface area contributed by atoms with Crippen LogP contribution in [0.3, 0.4) is 0 Å². The number of rotatable bonds is 3. The van der Waals surface area contributed by atoms with Gasteiger partial charge in [-0.2, -0.15) is 0 Å². The molecule has 0 aliphatic carbocycles. The first-order valence-corrected chi connectivity index (χ1v) is 9.30. The van der Waals surface area contributed by atoms with Crippen LogP contribution in [0.4, 0.5) is 10.1 Å². The van der Waals surface area contributed by atoms with E-state index in [9.17, 15) is 9.18 Å². The molecule has 1 aromatic heterocycles. The third-order valence-electron chi connectivity index (χ3n) is 4.74. The van der Waals surface area contributed by atoms with E-state index >= 15 is 0 Å². The number of hydrogen-bond donors (Lipinski definition) is 1. The number of carbonyl (C=O) groups is 1. The minimum absolute atomic E-state index is 0.0203. The van der Waals surface area contributed by atoms with Crippen molar-refractivity contribution in [1.29, 1.82) is 0 Å². The van der Waals surface area contributed by atoms with Crippen LogP contribution in [0.1, 0.15) is 35.3 Å². The summed E-state index contributed by atoms with van der Waals surface area (Å²) in [6.07, 6.45) is 1.42. The lowest BCUT2D eigenvalue weighted by Crippen LogP contribution is -2.22. The molecule has 0 saturated carbocycles. The molecule has 2 nitrogen and oxygen atoms in total. The number of nitrogens with one attached hydrogen (secondary N) is 1. The van der Waals surface area contributed by atoms with Crippen molar-refractivity contribution in [1.82, 2.24) is 0 Å². The molecule has 3 aromatic rings. The van der Waals surface area contributed by atoms with E-state index in [1.165, 1.54) is 11.6 Å². The molecule has 2 aromatic carbocycles. The van der Waals surface area contributed by atoms with Crippen molar-refractivity contribution in [2.75, 3.05) is 5.32 Å². The molecule has 2 heterocycles. The standard InChI is InChI=1S/C21H18FNOS/c1-2-13-7-9-14(10-8-13)16-11-19(24)23-20-17(12-25-21(16)20)15-5-3-4-6-18(15)22/h3-10,12,16H,2,11H2,1H3,(H,23,24)/t16-/m0/s1. The Kier molecular flexibility index (Phi) is 4.14. The van der Waals surface area contributed by atoms with Gasteiger partial charge in [-0.15, -0.1) is 11.3 Å². The minimum Gasteiger partial charge on any atom is -0.325 e. The third-order valence-corrected chi connectivity index (χ3v) is 5.84. The maximum absolute atomic E-state index is 14.2. The highest BCUT2D eigenvalue weighted by molar-refractivity contribution is 7.11. The fourth-order valence-corrected chi connectivity index (χ4v) is 4.51. The summed E-state index contributed by atoms with van der Waals surface area (Å²) in [7, 11) is 0. The number of carbonyl (C=O) groups excluding carboxylic acids is 1. The first kappa shape index (κ1) is 16.0. The van der Waals surface area contributed by atoms with Gasteiger partial charge in [0.1, 0.15) is 5.82 Å². The van der Waals surface area contributed by atoms with E-state index in [1.807, 2.05) is 11.4 Å². The van der Waals surface area contributed by atoms with Crippen molar-refractivity contribution in [3.8, 4) is 11.1 Å². The van der Waals surface area contributed by atoms with Gasteiger partial charge in [-0.3, -0.25) is 4.79 Å². The number of aryl methyl sites for hydroxylation is 1. The number of benzene rings is 2. The molecule has 1 amide bonds. The van der Waals surface area contributed by atoms with E-state index < -0.39 is 0 Å². The number of fused-ring (bicyclic) bond motifs is 1. The molecule has 0 radical (unpaired) electrons. The summed E-state index contributed by atoms with van der Waals surface area (Å²) in [5, 5.41) is 4.91. The number of hydrogen-bond acceptors (Lipinski definition) is 2. The molecule has 0 fully saturated rings. The predicted molar refractivity (Wildman–Crippen MR) is 101 cm³/mol. The van der Waals surface area contributed by atoms with Crippen LogP contribution in [0.5, 0.6) is 0 Å². The lowest BCUT2D eigenvalue weighted by Gasteiger charge is -2.24. The van der Waals surface area contributed by atoms with E-state index in [4.69, 9.17) is 0 Å². The predicted octanol–water partition coefficient (Wildman–Crippen LogP) is 5.59. The van der Waals surface area contributed by atoms with Crippen LogP contribution in [-0.4, -0.2) is 5.91 Å². The second-order valence-electron chi connectivity index (χ2n) is 6.27. The molecule has 0 bridgehead atoms. The zero-order valence-corrected chi connectivity index (χ0v) is 14.7. The SMILES string of the molecule is CCc1ccc([C@@H]2CC(=O)Nc3c(-c4ccccc4F)csc32)cc1. The summed E-state index contributed by atoms with van der Waals surface area (Å²) in [6, 6.07) is 15.1. The zero-order chi connectivity index (χ0) is 17.4. The quantitative estimate of drug-likeness (QED) is 0.655. The summed E-state index contributed by atoms with van der Waals surface area (Å²) in [6.45, 7) is 2.13. The molecule has 4 heteroatoms. The lowest BCUT2D eigenvalue weighted by atomic mass is 9.88. The van der Waals surface area contributed by atoms with Crippen molar-refractivity contribution in [2.24, 2.45) is 0 Å². The Hall–Kier alpha value is -2.46. The fourth-order valence-electron chi connectivity index (χ4n) is 3.36. The van der Waals surface area contributed by atoms with Crippen molar-refractivity contribution < 1.29 is 9.18 Å². The van der Waals surface area contributed by atoms with Gasteiger partial charge in [-0.1, -0.05) is 49.4 Å². The Bertz CT molecular complexity index is 929.